The standard InChI is InChI=1S/C9H9O3S/c10-13(11,12)9-5-4-7-2-1-3-8(7)6-9/h4,6H,1-3H2,(H,10,11,12). The molecule has 1 radical (unpaired) electrons. The van der Waals surface area contributed by atoms with Crippen LogP contribution in [0, 0.1) is 6.07 Å². The largest absolute Gasteiger partial charge is 0.295 e. The molecule has 1 aromatic carbocycles. The molecule has 2 rings (SSSR count). The van der Waals surface area contributed by atoms with Crippen LogP contribution < -0.4 is 0 Å². The van der Waals surface area contributed by atoms with Gasteiger partial charge in [-0.25, -0.2) is 0 Å². The van der Waals surface area contributed by atoms with Crippen molar-refractivity contribution in [3.05, 3.63) is 29.3 Å². The van der Waals surface area contributed by atoms with Crippen molar-refractivity contribution < 1.29 is 13.0 Å². The van der Waals surface area contributed by atoms with Crippen molar-refractivity contribution in [2.24, 2.45) is 0 Å². The van der Waals surface area contributed by atoms with Crippen LogP contribution in [0.5, 0.6) is 0 Å². The molecular weight excluding hydrogens is 188 g/mol. The number of hydrogen-bond donors (Lipinski definition) is 1. The summed E-state index contributed by atoms with van der Waals surface area (Å²) in [4.78, 5) is -0.117. The van der Waals surface area contributed by atoms with Gasteiger partial charge in [0.1, 0.15) is 4.90 Å². The number of fused-ring (bicyclic) bond motifs is 1. The zero-order valence-corrected chi connectivity index (χ0v) is 7.76. The molecular formula is C9H9O3S. The first kappa shape index (κ1) is 8.72. The van der Waals surface area contributed by atoms with Crippen LogP contribution in [0.2, 0.25) is 0 Å². The van der Waals surface area contributed by atoms with E-state index in [4.69, 9.17) is 4.55 Å². The Hall–Kier alpha value is -0.870. The molecule has 0 spiro atoms. The molecule has 1 aliphatic carbocycles. The third kappa shape index (κ3) is 1.59. The van der Waals surface area contributed by atoms with Gasteiger partial charge >= 0.3 is 0 Å². The fraction of sp³-hybridized carbons (Fsp3) is 0.333. The molecule has 0 saturated carbocycles. The highest BCUT2D eigenvalue weighted by Gasteiger charge is 2.15. The van der Waals surface area contributed by atoms with E-state index in [2.05, 4.69) is 6.07 Å². The lowest BCUT2D eigenvalue weighted by atomic mass is 10.1. The Kier molecular flexibility index (Phi) is 1.89. The van der Waals surface area contributed by atoms with Gasteiger partial charge in [0, 0.05) is 6.07 Å². The van der Waals surface area contributed by atoms with E-state index < -0.39 is 10.1 Å². The molecule has 4 heteroatoms. The highest BCUT2D eigenvalue weighted by Crippen LogP contribution is 2.23. The van der Waals surface area contributed by atoms with Crippen LogP contribution in [0.15, 0.2) is 17.0 Å². The highest BCUT2D eigenvalue weighted by molar-refractivity contribution is 7.85. The summed E-state index contributed by atoms with van der Waals surface area (Å²) in [5.74, 6) is 0. The van der Waals surface area contributed by atoms with E-state index in [0.717, 1.165) is 30.4 Å². The first-order valence-electron chi connectivity index (χ1n) is 4.08. The van der Waals surface area contributed by atoms with Crippen LogP contribution in [0.25, 0.3) is 0 Å². The topological polar surface area (TPSA) is 54.4 Å². The average Bonchev–Trinajstić information content (AvgIpc) is 2.47. The number of aryl methyl sites for hydroxylation is 2. The molecule has 0 saturated heterocycles. The van der Waals surface area contributed by atoms with Gasteiger partial charge < -0.3 is 0 Å². The van der Waals surface area contributed by atoms with Crippen molar-refractivity contribution in [3.8, 4) is 0 Å². The Labute approximate surface area is 77.1 Å². The second-order valence-electron chi connectivity index (χ2n) is 3.18. The third-order valence-corrected chi connectivity index (χ3v) is 3.07. The molecule has 0 fully saturated rings. The Morgan fingerprint density at radius 1 is 1.31 bits per heavy atom. The summed E-state index contributed by atoms with van der Waals surface area (Å²) in [5, 5.41) is 0. The minimum Gasteiger partial charge on any atom is -0.282 e. The van der Waals surface area contributed by atoms with Crippen molar-refractivity contribution >= 4 is 10.1 Å². The second kappa shape index (κ2) is 2.82. The lowest BCUT2D eigenvalue weighted by Crippen LogP contribution is -1.99. The summed E-state index contributed by atoms with van der Waals surface area (Å²) < 4.78 is 30.3. The summed E-state index contributed by atoms with van der Waals surface area (Å²) in [6.45, 7) is 0. The van der Waals surface area contributed by atoms with Gasteiger partial charge in [-0.2, -0.15) is 8.42 Å². The predicted molar refractivity (Wildman–Crippen MR) is 47.1 cm³/mol. The molecule has 0 bridgehead atoms. The van der Waals surface area contributed by atoms with E-state index in [1.165, 1.54) is 6.07 Å². The maximum atomic E-state index is 10.8. The van der Waals surface area contributed by atoms with E-state index in [9.17, 15) is 8.42 Å². The smallest absolute Gasteiger partial charge is 0.282 e. The molecule has 1 aromatic rings. The molecule has 0 aromatic heterocycles. The van der Waals surface area contributed by atoms with Crippen LogP contribution >= 0.6 is 0 Å². The molecule has 1 aliphatic rings. The zero-order chi connectivity index (χ0) is 9.47. The first-order valence-corrected chi connectivity index (χ1v) is 5.52. The fourth-order valence-corrected chi connectivity index (χ4v) is 2.13. The molecule has 0 unspecified atom stereocenters. The molecule has 13 heavy (non-hydrogen) atoms. The minimum atomic E-state index is -4.08. The van der Waals surface area contributed by atoms with E-state index in [-0.39, 0.29) is 4.90 Å². The van der Waals surface area contributed by atoms with Crippen molar-refractivity contribution in [2.45, 2.75) is 24.2 Å². The third-order valence-electron chi connectivity index (χ3n) is 2.28. The van der Waals surface area contributed by atoms with E-state index >= 15 is 0 Å². The Balaban J connectivity index is 2.54. The van der Waals surface area contributed by atoms with Crippen LogP contribution in [0.3, 0.4) is 0 Å². The Morgan fingerprint density at radius 2 is 2.00 bits per heavy atom. The summed E-state index contributed by atoms with van der Waals surface area (Å²) in [5.41, 5.74) is 2.17. The maximum Gasteiger partial charge on any atom is 0.295 e. The Morgan fingerprint density at radius 3 is 2.69 bits per heavy atom. The van der Waals surface area contributed by atoms with E-state index in [0.29, 0.717) is 0 Å². The average molecular weight is 197 g/mol. The predicted octanol–water partition coefficient (Wildman–Crippen LogP) is 1.22. The van der Waals surface area contributed by atoms with Gasteiger partial charge in [0.05, 0.1) is 0 Å². The summed E-state index contributed by atoms with van der Waals surface area (Å²) in [6.07, 6.45) is 2.93. The monoisotopic (exact) mass is 197 g/mol. The quantitative estimate of drug-likeness (QED) is 0.689. The number of hydrogen-bond acceptors (Lipinski definition) is 2. The van der Waals surface area contributed by atoms with Crippen molar-refractivity contribution in [2.75, 3.05) is 0 Å². The number of rotatable bonds is 1. The molecule has 3 nitrogen and oxygen atoms in total. The minimum absolute atomic E-state index is 0.117. The van der Waals surface area contributed by atoms with Crippen molar-refractivity contribution in [1.82, 2.24) is 0 Å². The first-order chi connectivity index (χ1) is 6.07. The molecule has 1 N–H and O–H groups in total. The zero-order valence-electron chi connectivity index (χ0n) is 6.95. The van der Waals surface area contributed by atoms with E-state index in [1.807, 2.05) is 0 Å². The second-order valence-corrected chi connectivity index (χ2v) is 4.57. The van der Waals surface area contributed by atoms with Crippen molar-refractivity contribution in [3.63, 3.8) is 0 Å². The summed E-state index contributed by atoms with van der Waals surface area (Å²) in [6, 6.07) is 5.74. The van der Waals surface area contributed by atoms with Gasteiger partial charge in [-0.15, -0.1) is 0 Å². The fourth-order valence-electron chi connectivity index (χ4n) is 1.63. The van der Waals surface area contributed by atoms with Gasteiger partial charge in [0.15, 0.2) is 0 Å². The normalized spacial score (nSPS) is 15.8. The molecule has 0 aliphatic heterocycles. The van der Waals surface area contributed by atoms with E-state index in [1.54, 1.807) is 6.07 Å². The summed E-state index contributed by atoms with van der Waals surface area (Å²) in [7, 11) is -4.08. The van der Waals surface area contributed by atoms with Crippen LogP contribution in [0.1, 0.15) is 17.5 Å². The molecule has 69 valence electrons. The molecule has 0 atom stereocenters. The Bertz CT molecular complexity index is 434. The van der Waals surface area contributed by atoms with Gasteiger partial charge in [-0.1, -0.05) is 0 Å². The maximum absolute atomic E-state index is 10.8. The number of benzene rings is 1. The SMILES string of the molecule is O=S(=O)(O)c1[c]cc2c(c1)CCC2. The lowest BCUT2D eigenvalue weighted by molar-refractivity contribution is 0.483. The van der Waals surface area contributed by atoms with Gasteiger partial charge in [-0.3, -0.25) is 4.55 Å². The van der Waals surface area contributed by atoms with Gasteiger partial charge in [-0.05, 0) is 42.5 Å². The van der Waals surface area contributed by atoms with Gasteiger partial charge in [0.25, 0.3) is 10.1 Å². The molecule has 0 amide bonds. The highest BCUT2D eigenvalue weighted by atomic mass is 32.2. The van der Waals surface area contributed by atoms with Crippen molar-refractivity contribution in [1.29, 1.82) is 0 Å². The van der Waals surface area contributed by atoms with Crippen LogP contribution in [-0.4, -0.2) is 13.0 Å². The van der Waals surface area contributed by atoms with Crippen LogP contribution in [-0.2, 0) is 23.0 Å². The lowest BCUT2D eigenvalue weighted by Gasteiger charge is -2.00. The van der Waals surface area contributed by atoms with Crippen LogP contribution in [0.4, 0.5) is 0 Å². The summed E-state index contributed by atoms with van der Waals surface area (Å²) >= 11 is 0. The molecule has 0 heterocycles. The van der Waals surface area contributed by atoms with Gasteiger partial charge in [0.2, 0.25) is 0 Å².